The Labute approximate surface area is 138 Å². The molecular weight excluding hydrogens is 313 g/mol. The predicted octanol–water partition coefficient (Wildman–Crippen LogP) is 1.45. The first-order valence-corrected chi connectivity index (χ1v) is 7.78. The lowest BCUT2D eigenvalue weighted by atomic mass is 10.1. The Hall–Kier alpha value is -2.54. The van der Waals surface area contributed by atoms with E-state index in [0.29, 0.717) is 25.5 Å². The number of benzene rings is 1. The van der Waals surface area contributed by atoms with Gasteiger partial charge in [-0.2, -0.15) is 5.10 Å². The Morgan fingerprint density at radius 1 is 1.46 bits per heavy atom. The molecule has 0 radical (unpaired) electrons. The molecule has 2 heterocycles. The van der Waals surface area contributed by atoms with E-state index in [0.717, 1.165) is 6.42 Å². The highest BCUT2D eigenvalue weighted by atomic mass is 19.1. The number of aromatic nitrogens is 2. The summed E-state index contributed by atoms with van der Waals surface area (Å²) in [5.74, 6) is -0.795. The summed E-state index contributed by atoms with van der Waals surface area (Å²) in [5, 5.41) is 6.77. The zero-order chi connectivity index (χ0) is 17.1. The van der Waals surface area contributed by atoms with Crippen molar-refractivity contribution < 1.29 is 13.9 Å². The van der Waals surface area contributed by atoms with Crippen LogP contribution in [0.1, 0.15) is 22.6 Å². The van der Waals surface area contributed by atoms with Crippen LogP contribution < -0.4 is 10.7 Å². The molecule has 126 valence electrons. The van der Waals surface area contributed by atoms with Crippen LogP contribution in [0.2, 0.25) is 0 Å². The molecule has 6 nitrogen and oxygen atoms in total. The van der Waals surface area contributed by atoms with E-state index < -0.39 is 17.2 Å². The first-order chi connectivity index (χ1) is 11.6. The van der Waals surface area contributed by atoms with Crippen molar-refractivity contribution in [3.63, 3.8) is 0 Å². The summed E-state index contributed by atoms with van der Waals surface area (Å²) in [7, 11) is 0. The summed E-state index contributed by atoms with van der Waals surface area (Å²) >= 11 is 0. The van der Waals surface area contributed by atoms with Crippen LogP contribution in [0.3, 0.4) is 0 Å². The van der Waals surface area contributed by atoms with Gasteiger partial charge in [0, 0.05) is 30.8 Å². The van der Waals surface area contributed by atoms with Crippen molar-refractivity contribution in [1.82, 2.24) is 15.1 Å². The number of amides is 1. The van der Waals surface area contributed by atoms with Gasteiger partial charge in [-0.3, -0.25) is 9.59 Å². The molecule has 0 saturated carbocycles. The molecule has 1 fully saturated rings. The zero-order valence-corrected chi connectivity index (χ0v) is 13.3. The number of para-hydroxylation sites is 1. The number of hydrogen-bond donors (Lipinski definition) is 1. The lowest BCUT2D eigenvalue weighted by Gasteiger charge is -2.13. The van der Waals surface area contributed by atoms with E-state index in [1.54, 1.807) is 19.1 Å². The molecule has 1 amide bonds. The van der Waals surface area contributed by atoms with E-state index in [-0.39, 0.29) is 17.3 Å². The fraction of sp³-hybridized carbons (Fsp3) is 0.353. The fourth-order valence-electron chi connectivity index (χ4n) is 2.64. The predicted molar refractivity (Wildman–Crippen MR) is 85.8 cm³/mol. The second-order valence-electron chi connectivity index (χ2n) is 5.80. The number of carbonyl (C=O) groups excluding carboxylic acids is 1. The number of nitrogens with zero attached hydrogens (tertiary/aromatic N) is 2. The molecule has 2 aromatic rings. The maximum absolute atomic E-state index is 14.0. The van der Waals surface area contributed by atoms with Gasteiger partial charge in [0.2, 0.25) is 5.43 Å². The van der Waals surface area contributed by atoms with Gasteiger partial charge in [0.1, 0.15) is 11.5 Å². The number of nitrogens with one attached hydrogen (secondary N) is 1. The molecule has 0 spiro atoms. The summed E-state index contributed by atoms with van der Waals surface area (Å²) in [6.07, 6.45) is 0.876. The lowest BCUT2D eigenvalue weighted by Crippen LogP contribution is -2.35. The first kappa shape index (κ1) is 16.3. The zero-order valence-electron chi connectivity index (χ0n) is 13.3. The molecular formula is C17H18FN3O3. The average Bonchev–Trinajstić information content (AvgIpc) is 3.07. The monoisotopic (exact) mass is 331 g/mol. The van der Waals surface area contributed by atoms with Crippen LogP contribution >= 0.6 is 0 Å². The topological polar surface area (TPSA) is 73.2 Å². The summed E-state index contributed by atoms with van der Waals surface area (Å²) < 4.78 is 20.5. The van der Waals surface area contributed by atoms with Gasteiger partial charge in [-0.25, -0.2) is 9.07 Å². The number of aryl methyl sites for hydroxylation is 1. The fourth-order valence-corrected chi connectivity index (χ4v) is 2.64. The van der Waals surface area contributed by atoms with Crippen molar-refractivity contribution in [1.29, 1.82) is 0 Å². The van der Waals surface area contributed by atoms with Gasteiger partial charge in [-0.15, -0.1) is 0 Å². The van der Waals surface area contributed by atoms with Gasteiger partial charge >= 0.3 is 0 Å². The molecule has 1 aliphatic rings. The molecule has 7 heteroatoms. The summed E-state index contributed by atoms with van der Waals surface area (Å²) in [5.41, 5.74) is -0.0953. The van der Waals surface area contributed by atoms with Crippen molar-refractivity contribution >= 4 is 5.91 Å². The third kappa shape index (κ3) is 3.35. The van der Waals surface area contributed by atoms with Gasteiger partial charge in [0.15, 0.2) is 5.69 Å². The minimum atomic E-state index is -0.558. The lowest BCUT2D eigenvalue weighted by molar-refractivity contribution is 0.0937. The van der Waals surface area contributed by atoms with Crippen LogP contribution in [0.25, 0.3) is 5.69 Å². The molecule has 1 aromatic carbocycles. The Kier molecular flexibility index (Phi) is 4.71. The summed E-state index contributed by atoms with van der Waals surface area (Å²) in [6, 6.07) is 7.35. The SMILES string of the molecule is Cc1cc(=O)c(C(=O)NC[C@@H]2CCOC2)nn1-c1ccccc1F. The molecule has 1 atom stereocenters. The van der Waals surface area contributed by atoms with Gasteiger partial charge in [-0.05, 0) is 25.5 Å². The summed E-state index contributed by atoms with van der Waals surface area (Å²) in [6.45, 7) is 3.34. The van der Waals surface area contributed by atoms with Crippen molar-refractivity contribution in [2.45, 2.75) is 13.3 Å². The Bertz CT molecular complexity index is 813. The van der Waals surface area contributed by atoms with Crippen molar-refractivity contribution in [2.75, 3.05) is 19.8 Å². The van der Waals surface area contributed by atoms with Crippen molar-refractivity contribution in [3.8, 4) is 5.69 Å². The minimum Gasteiger partial charge on any atom is -0.381 e. The van der Waals surface area contributed by atoms with Gasteiger partial charge in [0.25, 0.3) is 5.91 Å². The van der Waals surface area contributed by atoms with E-state index >= 15 is 0 Å². The highest BCUT2D eigenvalue weighted by Crippen LogP contribution is 2.13. The molecule has 1 N–H and O–H groups in total. The molecule has 0 unspecified atom stereocenters. The number of hydrogen-bond acceptors (Lipinski definition) is 4. The highest BCUT2D eigenvalue weighted by molar-refractivity contribution is 5.92. The third-order valence-electron chi connectivity index (χ3n) is 3.98. The normalized spacial score (nSPS) is 17.0. The second-order valence-corrected chi connectivity index (χ2v) is 5.80. The van der Waals surface area contributed by atoms with Crippen LogP contribution in [0, 0.1) is 18.7 Å². The van der Waals surface area contributed by atoms with Crippen molar-refractivity contribution in [3.05, 3.63) is 57.8 Å². The number of halogens is 1. The highest BCUT2D eigenvalue weighted by Gasteiger charge is 2.20. The number of ether oxygens (including phenoxy) is 1. The van der Waals surface area contributed by atoms with Crippen LogP contribution in [0.4, 0.5) is 4.39 Å². The maximum atomic E-state index is 14.0. The smallest absolute Gasteiger partial charge is 0.275 e. The third-order valence-corrected chi connectivity index (χ3v) is 3.98. The van der Waals surface area contributed by atoms with Gasteiger partial charge in [-0.1, -0.05) is 12.1 Å². The molecule has 0 bridgehead atoms. The molecule has 1 aromatic heterocycles. The van der Waals surface area contributed by atoms with E-state index in [1.807, 2.05) is 0 Å². The second kappa shape index (κ2) is 6.92. The van der Waals surface area contributed by atoms with Crippen LogP contribution in [0.5, 0.6) is 0 Å². The van der Waals surface area contributed by atoms with Gasteiger partial charge < -0.3 is 10.1 Å². The molecule has 1 aliphatic heterocycles. The Morgan fingerprint density at radius 2 is 2.25 bits per heavy atom. The quantitative estimate of drug-likeness (QED) is 0.920. The number of rotatable bonds is 4. The molecule has 3 rings (SSSR count). The average molecular weight is 331 g/mol. The molecule has 1 saturated heterocycles. The van der Waals surface area contributed by atoms with Crippen LogP contribution in [0.15, 0.2) is 35.1 Å². The largest absolute Gasteiger partial charge is 0.381 e. The molecule has 24 heavy (non-hydrogen) atoms. The Morgan fingerprint density at radius 3 is 2.96 bits per heavy atom. The number of carbonyl (C=O) groups is 1. The Balaban J connectivity index is 1.88. The molecule has 0 aliphatic carbocycles. The minimum absolute atomic E-state index is 0.188. The van der Waals surface area contributed by atoms with Gasteiger partial charge in [0.05, 0.1) is 6.61 Å². The van der Waals surface area contributed by atoms with E-state index in [4.69, 9.17) is 4.74 Å². The van der Waals surface area contributed by atoms with Crippen LogP contribution in [-0.2, 0) is 4.74 Å². The first-order valence-electron chi connectivity index (χ1n) is 7.78. The van der Waals surface area contributed by atoms with Crippen molar-refractivity contribution in [2.24, 2.45) is 5.92 Å². The maximum Gasteiger partial charge on any atom is 0.275 e. The van der Waals surface area contributed by atoms with E-state index in [9.17, 15) is 14.0 Å². The summed E-state index contributed by atoms with van der Waals surface area (Å²) in [4.78, 5) is 24.4. The standard InChI is InChI=1S/C17H18FN3O3/c1-11-8-15(22)16(17(23)19-9-12-6-7-24-10-12)20-21(11)14-5-3-2-4-13(14)18/h2-5,8,12H,6-7,9-10H2,1H3,(H,19,23)/t12-/m0/s1. The van der Waals surface area contributed by atoms with E-state index in [2.05, 4.69) is 10.4 Å². The van der Waals surface area contributed by atoms with Crippen LogP contribution in [-0.4, -0.2) is 35.4 Å². The van der Waals surface area contributed by atoms with E-state index in [1.165, 1.54) is 22.9 Å².